The Labute approximate surface area is 128 Å². The van der Waals surface area contributed by atoms with Gasteiger partial charge in [0.2, 0.25) is 0 Å². The molecule has 0 nitrogen and oxygen atoms in total. The standard InChI is InChI=1S/C21H23/c1-14(2)20-18-9-7-6-8-15(18)13-19(20)16-10-11-17(12-16)21(3,4)5/h6-9,11-12H,10H2,1-5H3. The third-order valence-electron chi connectivity index (χ3n) is 4.26. The fourth-order valence-corrected chi connectivity index (χ4v) is 3.12. The zero-order valence-corrected chi connectivity index (χ0v) is 13.7. The molecule has 0 fully saturated rings. The highest BCUT2D eigenvalue weighted by atomic mass is 14.3. The monoisotopic (exact) mass is 275 g/mol. The van der Waals surface area contributed by atoms with Crippen molar-refractivity contribution in [1.29, 1.82) is 0 Å². The molecule has 1 aromatic carbocycles. The summed E-state index contributed by atoms with van der Waals surface area (Å²) in [5.74, 6) is 0. The lowest BCUT2D eigenvalue weighted by Crippen LogP contribution is -2.05. The van der Waals surface area contributed by atoms with Crippen LogP contribution in [0.25, 0.3) is 5.57 Å². The SMILES string of the molecule is CC(C)=C1C(C2=CC(C(C)(C)C)=CC2)=[C]c2ccccc21. The molecule has 0 saturated heterocycles. The van der Waals surface area contributed by atoms with Gasteiger partial charge in [-0.25, -0.2) is 0 Å². The van der Waals surface area contributed by atoms with Crippen molar-refractivity contribution in [2.75, 3.05) is 0 Å². The molecule has 107 valence electrons. The van der Waals surface area contributed by atoms with Gasteiger partial charge in [-0.1, -0.05) is 62.8 Å². The number of benzene rings is 1. The quantitative estimate of drug-likeness (QED) is 0.601. The third kappa shape index (κ3) is 2.44. The summed E-state index contributed by atoms with van der Waals surface area (Å²) in [7, 11) is 0. The number of rotatable bonds is 1. The zero-order valence-electron chi connectivity index (χ0n) is 13.7. The van der Waals surface area contributed by atoms with Gasteiger partial charge in [0, 0.05) is 0 Å². The van der Waals surface area contributed by atoms with Crippen molar-refractivity contribution < 1.29 is 0 Å². The second kappa shape index (κ2) is 4.87. The van der Waals surface area contributed by atoms with Crippen molar-refractivity contribution in [2.45, 2.75) is 41.0 Å². The van der Waals surface area contributed by atoms with Crippen molar-refractivity contribution >= 4 is 5.57 Å². The van der Waals surface area contributed by atoms with E-state index in [4.69, 9.17) is 0 Å². The van der Waals surface area contributed by atoms with Gasteiger partial charge in [0.1, 0.15) is 0 Å². The minimum absolute atomic E-state index is 0.221. The van der Waals surface area contributed by atoms with Crippen LogP contribution in [-0.4, -0.2) is 0 Å². The average Bonchev–Trinajstić information content (AvgIpc) is 3.02. The molecule has 0 aliphatic heterocycles. The number of fused-ring (bicyclic) bond motifs is 1. The minimum Gasteiger partial charge on any atom is -0.0763 e. The molecule has 2 aliphatic carbocycles. The van der Waals surface area contributed by atoms with Crippen molar-refractivity contribution in [3.8, 4) is 0 Å². The Kier molecular flexibility index (Phi) is 3.28. The Morgan fingerprint density at radius 2 is 1.81 bits per heavy atom. The van der Waals surface area contributed by atoms with E-state index in [-0.39, 0.29) is 5.41 Å². The van der Waals surface area contributed by atoms with Crippen LogP contribution in [0.5, 0.6) is 0 Å². The van der Waals surface area contributed by atoms with Crippen LogP contribution in [0, 0.1) is 11.5 Å². The second-order valence-electron chi connectivity index (χ2n) is 7.20. The van der Waals surface area contributed by atoms with Crippen LogP contribution >= 0.6 is 0 Å². The summed E-state index contributed by atoms with van der Waals surface area (Å²) in [6.07, 6.45) is 9.41. The van der Waals surface area contributed by atoms with Gasteiger partial charge in [-0.3, -0.25) is 0 Å². The maximum atomic E-state index is 3.64. The molecule has 2 aliphatic rings. The zero-order chi connectivity index (χ0) is 15.2. The third-order valence-corrected chi connectivity index (χ3v) is 4.26. The minimum atomic E-state index is 0.221. The van der Waals surface area contributed by atoms with Crippen molar-refractivity contribution in [1.82, 2.24) is 0 Å². The van der Waals surface area contributed by atoms with Gasteiger partial charge in [0.25, 0.3) is 0 Å². The van der Waals surface area contributed by atoms with E-state index in [1.54, 1.807) is 0 Å². The molecule has 0 amide bonds. The first-order chi connectivity index (χ1) is 9.88. The highest BCUT2D eigenvalue weighted by Gasteiger charge is 2.26. The molecule has 0 bridgehead atoms. The Balaban J connectivity index is 2.05. The molecule has 0 heterocycles. The van der Waals surface area contributed by atoms with Gasteiger partial charge in [-0.2, -0.15) is 0 Å². The smallest absolute Gasteiger partial charge is 0.00109 e. The van der Waals surface area contributed by atoms with Crippen LogP contribution in [0.3, 0.4) is 0 Å². The summed E-state index contributed by atoms with van der Waals surface area (Å²) < 4.78 is 0. The molecule has 0 aromatic heterocycles. The highest BCUT2D eigenvalue weighted by molar-refractivity contribution is 5.91. The molecular formula is C21H23. The van der Waals surface area contributed by atoms with Gasteiger partial charge in [-0.15, -0.1) is 0 Å². The number of hydrogen-bond donors (Lipinski definition) is 0. The number of allylic oxidation sites excluding steroid dienone is 7. The summed E-state index contributed by atoms with van der Waals surface area (Å²) in [6, 6.07) is 8.59. The summed E-state index contributed by atoms with van der Waals surface area (Å²) in [5, 5.41) is 0. The van der Waals surface area contributed by atoms with E-state index >= 15 is 0 Å². The molecule has 0 saturated carbocycles. The Morgan fingerprint density at radius 1 is 1.10 bits per heavy atom. The lowest BCUT2D eigenvalue weighted by molar-refractivity contribution is 0.518. The Hall–Kier alpha value is -1.82. The highest BCUT2D eigenvalue weighted by Crippen LogP contribution is 2.44. The van der Waals surface area contributed by atoms with Crippen LogP contribution in [0.2, 0.25) is 0 Å². The first kappa shape index (κ1) is 14.1. The van der Waals surface area contributed by atoms with E-state index in [0.717, 1.165) is 6.42 Å². The maximum Gasteiger partial charge on any atom is -0.00109 e. The molecule has 0 heteroatoms. The molecule has 1 radical (unpaired) electrons. The predicted molar refractivity (Wildman–Crippen MR) is 90.8 cm³/mol. The van der Waals surface area contributed by atoms with E-state index in [0.29, 0.717) is 0 Å². The van der Waals surface area contributed by atoms with Crippen LogP contribution in [0.4, 0.5) is 0 Å². The molecule has 1 aromatic rings. The molecule has 0 atom stereocenters. The van der Waals surface area contributed by atoms with Crippen molar-refractivity contribution in [3.63, 3.8) is 0 Å². The topological polar surface area (TPSA) is 0 Å². The van der Waals surface area contributed by atoms with Crippen LogP contribution in [-0.2, 0) is 0 Å². The van der Waals surface area contributed by atoms with Crippen molar-refractivity contribution in [3.05, 3.63) is 75.9 Å². The van der Waals surface area contributed by atoms with Gasteiger partial charge in [-0.05, 0) is 65.2 Å². The van der Waals surface area contributed by atoms with Gasteiger partial charge >= 0.3 is 0 Å². The average molecular weight is 275 g/mol. The van der Waals surface area contributed by atoms with Crippen LogP contribution in [0.15, 0.2) is 58.7 Å². The fourth-order valence-electron chi connectivity index (χ4n) is 3.12. The molecule has 0 unspecified atom stereocenters. The van der Waals surface area contributed by atoms with E-state index in [9.17, 15) is 0 Å². The fraction of sp³-hybridized carbons (Fsp3) is 0.333. The number of hydrogen-bond acceptors (Lipinski definition) is 0. The molecule has 0 spiro atoms. The largest absolute Gasteiger partial charge is 0.0763 e. The first-order valence-corrected chi connectivity index (χ1v) is 7.71. The molecule has 21 heavy (non-hydrogen) atoms. The Morgan fingerprint density at radius 3 is 2.43 bits per heavy atom. The summed E-state index contributed by atoms with van der Waals surface area (Å²) in [6.45, 7) is 11.2. The van der Waals surface area contributed by atoms with E-state index in [1.807, 2.05) is 0 Å². The normalized spacial score (nSPS) is 17.4. The summed E-state index contributed by atoms with van der Waals surface area (Å²) >= 11 is 0. The molecular weight excluding hydrogens is 252 g/mol. The van der Waals surface area contributed by atoms with Crippen LogP contribution in [0.1, 0.15) is 52.2 Å². The van der Waals surface area contributed by atoms with Gasteiger partial charge in [0.15, 0.2) is 0 Å². The lowest BCUT2D eigenvalue weighted by atomic mass is 9.87. The van der Waals surface area contributed by atoms with Crippen LogP contribution < -0.4 is 0 Å². The Bertz CT molecular complexity index is 709. The van der Waals surface area contributed by atoms with E-state index < -0.39 is 0 Å². The predicted octanol–water partition coefficient (Wildman–Crippen LogP) is 5.87. The van der Waals surface area contributed by atoms with E-state index in [1.165, 1.54) is 39.0 Å². The van der Waals surface area contributed by atoms with E-state index in [2.05, 4.69) is 77.1 Å². The van der Waals surface area contributed by atoms with Crippen molar-refractivity contribution in [2.24, 2.45) is 5.41 Å². The summed E-state index contributed by atoms with van der Waals surface area (Å²) in [4.78, 5) is 0. The maximum absolute atomic E-state index is 3.64. The summed E-state index contributed by atoms with van der Waals surface area (Å²) in [5.41, 5.74) is 9.67. The molecule has 0 N–H and O–H groups in total. The second-order valence-corrected chi connectivity index (χ2v) is 7.20. The molecule has 3 rings (SSSR count). The van der Waals surface area contributed by atoms with Gasteiger partial charge in [0.05, 0.1) is 0 Å². The van der Waals surface area contributed by atoms with Gasteiger partial charge < -0.3 is 0 Å². The lowest BCUT2D eigenvalue weighted by Gasteiger charge is -2.18. The first-order valence-electron chi connectivity index (χ1n) is 7.71.